The maximum atomic E-state index is 14.0. The van der Waals surface area contributed by atoms with Gasteiger partial charge in [-0.1, -0.05) is 0 Å². The van der Waals surface area contributed by atoms with Gasteiger partial charge in [-0.05, 0) is 80.6 Å². The number of carbonyl (C=O) groups excluding carboxylic acids is 1. The maximum Gasteiger partial charge on any atom is 0.279 e. The van der Waals surface area contributed by atoms with E-state index in [0.717, 1.165) is 25.9 Å². The number of hydrogen-bond acceptors (Lipinski definition) is 7. The third-order valence-electron chi connectivity index (χ3n) is 8.56. The Morgan fingerprint density at radius 3 is 2.64 bits per heavy atom. The number of aromatic nitrogens is 1. The second kappa shape index (κ2) is 13.7. The summed E-state index contributed by atoms with van der Waals surface area (Å²) in [6, 6.07) is 4.32. The summed E-state index contributed by atoms with van der Waals surface area (Å²) in [5.74, 6) is 7.77. The second-order valence-electron chi connectivity index (χ2n) is 11.6. The highest BCUT2D eigenvalue weighted by atomic mass is 32.2. The van der Waals surface area contributed by atoms with E-state index in [0.29, 0.717) is 84.9 Å². The lowest BCUT2D eigenvalue weighted by Gasteiger charge is -2.34. The van der Waals surface area contributed by atoms with E-state index < -0.39 is 22.0 Å². The molecule has 4 heterocycles. The average Bonchev–Trinajstić information content (AvgIpc) is 3.37. The van der Waals surface area contributed by atoms with E-state index in [1.165, 1.54) is 29.4 Å². The first-order valence-corrected chi connectivity index (χ1v) is 16.2. The number of benzene rings is 1. The minimum Gasteiger partial charge on any atom is -0.351 e. The van der Waals surface area contributed by atoms with Crippen molar-refractivity contribution < 1.29 is 27.7 Å². The van der Waals surface area contributed by atoms with Gasteiger partial charge in [0.2, 0.25) is 5.95 Å². The molecule has 0 aliphatic carbocycles. The van der Waals surface area contributed by atoms with Crippen molar-refractivity contribution in [2.75, 3.05) is 45.8 Å². The number of nitrogens with zero attached hydrogens (tertiary/aromatic N) is 4. The van der Waals surface area contributed by atoms with Crippen LogP contribution in [0.2, 0.25) is 0 Å². The number of fused-ring (bicyclic) bond motifs is 1. The average molecular weight is 630 g/mol. The minimum absolute atomic E-state index is 0.0858. The molecule has 3 aliphatic rings. The van der Waals surface area contributed by atoms with Crippen molar-refractivity contribution in [2.45, 2.75) is 32.6 Å². The van der Waals surface area contributed by atoms with Gasteiger partial charge >= 0.3 is 0 Å². The van der Waals surface area contributed by atoms with Crippen LogP contribution in [0.5, 0.6) is 0 Å². The first-order chi connectivity index (χ1) is 21.0. The van der Waals surface area contributed by atoms with Gasteiger partial charge in [-0.2, -0.15) is 22.1 Å². The SMILES string of the molecule is CC(=O)c1[nH]c2ccc(F)cc2c1/C([NH3+])=C/N(N)CC1CCN(CCNS(=O)(=O)N2CCC(C3=C(F)N=C=C=C3)CC2)CC1. The van der Waals surface area contributed by atoms with E-state index in [-0.39, 0.29) is 11.7 Å². The van der Waals surface area contributed by atoms with E-state index in [9.17, 15) is 22.0 Å². The number of Topliss-reactive ketones (excluding diaryl/α,β-unsaturated/α-hetero) is 1. The molecule has 11 nitrogen and oxygen atoms in total. The molecular weight excluding hydrogens is 590 g/mol. The van der Waals surface area contributed by atoms with Gasteiger partial charge in [-0.3, -0.25) is 4.79 Å². The number of nitrogens with two attached hydrogens (primary N) is 1. The van der Waals surface area contributed by atoms with Crippen LogP contribution in [0.1, 0.15) is 48.7 Å². The Morgan fingerprint density at radius 2 is 1.95 bits per heavy atom. The largest absolute Gasteiger partial charge is 0.351 e. The molecule has 0 bridgehead atoms. The number of halogens is 2. The highest BCUT2D eigenvalue weighted by molar-refractivity contribution is 7.87. The summed E-state index contributed by atoms with van der Waals surface area (Å²) >= 11 is 0. The Labute approximate surface area is 255 Å². The normalized spacial score (nSPS) is 19.4. The number of carbonyl (C=O) groups is 1. The summed E-state index contributed by atoms with van der Waals surface area (Å²) in [6.07, 6.45) is 6.06. The fourth-order valence-electron chi connectivity index (χ4n) is 6.20. The number of H-pyrrole nitrogens is 1. The van der Waals surface area contributed by atoms with Gasteiger partial charge in [0.15, 0.2) is 11.5 Å². The summed E-state index contributed by atoms with van der Waals surface area (Å²) in [5, 5.41) is 2.15. The number of quaternary nitrogens is 1. The van der Waals surface area contributed by atoms with Crippen LogP contribution in [0, 0.1) is 17.7 Å². The number of hydrogen-bond donors (Lipinski definition) is 4. The molecular formula is C30H39F2N8O3S+. The summed E-state index contributed by atoms with van der Waals surface area (Å²) in [7, 11) is -3.63. The molecule has 2 fully saturated rings. The molecule has 0 saturated carbocycles. The predicted octanol–water partition coefficient (Wildman–Crippen LogP) is 2.06. The Balaban J connectivity index is 1.06. The molecule has 0 unspecified atom stereocenters. The number of piperidine rings is 2. The number of aliphatic imine (C=N–C) groups is 1. The summed E-state index contributed by atoms with van der Waals surface area (Å²) in [6.45, 7) is 5.18. The molecule has 0 radical (unpaired) electrons. The highest BCUT2D eigenvalue weighted by Crippen LogP contribution is 2.30. The van der Waals surface area contributed by atoms with Gasteiger partial charge in [0.25, 0.3) is 10.2 Å². The maximum absolute atomic E-state index is 14.0. The van der Waals surface area contributed by atoms with Gasteiger partial charge < -0.3 is 20.6 Å². The number of likely N-dealkylation sites (tertiary alicyclic amines) is 1. The second-order valence-corrected chi connectivity index (χ2v) is 13.3. The Morgan fingerprint density at radius 1 is 1.23 bits per heavy atom. The smallest absolute Gasteiger partial charge is 0.279 e. The number of allylic oxidation sites excluding steroid dienone is 2. The summed E-state index contributed by atoms with van der Waals surface area (Å²) < 4.78 is 57.8. The molecule has 7 N–H and O–H groups in total. The molecule has 5 rings (SSSR count). The van der Waals surface area contributed by atoms with Crippen molar-refractivity contribution >= 4 is 38.5 Å². The van der Waals surface area contributed by atoms with Crippen molar-refractivity contribution in [2.24, 2.45) is 22.7 Å². The minimum atomic E-state index is -3.63. The molecule has 3 aliphatic heterocycles. The number of aromatic amines is 1. The van der Waals surface area contributed by atoms with Crippen LogP contribution < -0.4 is 16.3 Å². The van der Waals surface area contributed by atoms with Crippen LogP contribution in [0.4, 0.5) is 8.78 Å². The van der Waals surface area contributed by atoms with Crippen LogP contribution in [0.25, 0.3) is 16.6 Å². The predicted molar refractivity (Wildman–Crippen MR) is 164 cm³/mol. The van der Waals surface area contributed by atoms with E-state index in [1.807, 2.05) is 0 Å². The van der Waals surface area contributed by atoms with Gasteiger partial charge in [0.05, 0.1) is 17.5 Å². The first-order valence-electron chi connectivity index (χ1n) is 14.8. The Kier molecular flexibility index (Phi) is 9.94. The van der Waals surface area contributed by atoms with Gasteiger partial charge in [-0.15, -0.1) is 0 Å². The first kappa shape index (κ1) is 32.0. The number of hydrazine groups is 1. The van der Waals surface area contributed by atoms with Crippen LogP contribution in [-0.4, -0.2) is 85.1 Å². The molecule has 1 aromatic carbocycles. The lowest BCUT2D eigenvalue weighted by atomic mass is 9.90. The van der Waals surface area contributed by atoms with E-state index in [1.54, 1.807) is 17.3 Å². The van der Waals surface area contributed by atoms with Crippen LogP contribution in [0.3, 0.4) is 0 Å². The molecule has 0 atom stereocenters. The molecule has 2 aromatic rings. The zero-order chi connectivity index (χ0) is 31.4. The Bertz CT molecular complexity index is 1670. The topological polar surface area (TPSA) is 155 Å². The quantitative estimate of drug-likeness (QED) is 0.0981. The third kappa shape index (κ3) is 7.43. The molecule has 0 spiro atoms. The fourth-order valence-corrected chi connectivity index (χ4v) is 7.43. The van der Waals surface area contributed by atoms with E-state index in [4.69, 9.17) is 5.84 Å². The standard InChI is InChI=1S/C30H38F2N8O3S/c1-20(41)29-28(25-17-23(31)4-5-27(25)37-29)26(33)19-39(34)18-21-6-12-38(13-7-21)16-11-36-44(42,43)40-14-8-22(9-15-40)24-3-2-10-35-30(24)32/h3-5,17,19,21-22,36-37H,6-9,11-16,18,33-34H2,1H3/p+1/b26-19-. The van der Waals surface area contributed by atoms with Crippen molar-refractivity contribution in [1.29, 1.82) is 0 Å². The Hall–Kier alpha value is -3.45. The monoisotopic (exact) mass is 629 g/mol. The van der Waals surface area contributed by atoms with Crippen LogP contribution in [-0.2, 0) is 10.2 Å². The summed E-state index contributed by atoms with van der Waals surface area (Å²) in [4.78, 5) is 21.1. The van der Waals surface area contributed by atoms with Crippen molar-refractivity contribution in [1.82, 2.24) is 23.9 Å². The van der Waals surface area contributed by atoms with Gasteiger partial charge in [0, 0.05) is 62.0 Å². The molecule has 44 heavy (non-hydrogen) atoms. The zero-order valence-electron chi connectivity index (χ0n) is 24.8. The molecule has 1 aromatic heterocycles. The molecule has 14 heteroatoms. The van der Waals surface area contributed by atoms with Crippen molar-refractivity contribution in [3.8, 4) is 0 Å². The van der Waals surface area contributed by atoms with Crippen LogP contribution in [0.15, 0.2) is 52.7 Å². The molecule has 236 valence electrons. The van der Waals surface area contributed by atoms with E-state index >= 15 is 0 Å². The van der Waals surface area contributed by atoms with Crippen molar-refractivity contribution in [3.63, 3.8) is 0 Å². The zero-order valence-corrected chi connectivity index (χ0v) is 25.6. The number of nitrogens with one attached hydrogen (secondary N) is 2. The lowest BCUT2D eigenvalue weighted by Crippen LogP contribution is -2.49. The van der Waals surface area contributed by atoms with Gasteiger partial charge in [-0.25, -0.2) is 15.0 Å². The fraction of sp³-hybridized carbons (Fsp3) is 0.467. The molecule has 2 saturated heterocycles. The molecule has 0 amide bonds. The van der Waals surface area contributed by atoms with Crippen LogP contribution >= 0.6 is 0 Å². The van der Waals surface area contributed by atoms with E-state index in [2.05, 4.69) is 36.9 Å². The number of rotatable bonds is 11. The summed E-state index contributed by atoms with van der Waals surface area (Å²) in [5.41, 5.74) is 9.34. The lowest BCUT2D eigenvalue weighted by molar-refractivity contribution is -0.245. The number of ketones is 1. The third-order valence-corrected chi connectivity index (χ3v) is 10.2. The van der Waals surface area contributed by atoms with Crippen molar-refractivity contribution in [3.05, 3.63) is 64.8 Å². The highest BCUT2D eigenvalue weighted by Gasteiger charge is 2.31. The van der Waals surface area contributed by atoms with Gasteiger partial charge in [0.1, 0.15) is 5.82 Å².